The van der Waals surface area contributed by atoms with E-state index in [0.717, 1.165) is 6.20 Å². The van der Waals surface area contributed by atoms with Gasteiger partial charge in [-0.1, -0.05) is 0 Å². The summed E-state index contributed by atoms with van der Waals surface area (Å²) in [6.07, 6.45) is 4.02. The minimum Gasteiger partial charge on any atom is -0.543 e. The van der Waals surface area contributed by atoms with E-state index in [1.54, 1.807) is 13.2 Å². The maximum atomic E-state index is 11.2. The predicted octanol–water partition coefficient (Wildman–Crippen LogP) is -1.70. The van der Waals surface area contributed by atoms with Gasteiger partial charge >= 0.3 is 10.2 Å². The highest BCUT2D eigenvalue weighted by molar-refractivity contribution is 7.87. The minimum atomic E-state index is -4.19. The van der Waals surface area contributed by atoms with Crippen LogP contribution in [0.1, 0.15) is 10.5 Å². The van der Waals surface area contributed by atoms with Crippen molar-refractivity contribution in [3.63, 3.8) is 0 Å². The van der Waals surface area contributed by atoms with Crippen LogP contribution in [-0.2, 0) is 17.3 Å². The lowest BCUT2D eigenvalue weighted by Crippen LogP contribution is -2.31. The summed E-state index contributed by atoms with van der Waals surface area (Å²) in [6.45, 7) is 0. The fraction of sp³-hybridized carbons (Fsp3) is 0.111. The van der Waals surface area contributed by atoms with Gasteiger partial charge in [-0.2, -0.15) is 13.5 Å². The van der Waals surface area contributed by atoms with E-state index in [9.17, 15) is 18.3 Å². The molecule has 0 atom stereocenters. The molecule has 9 heteroatoms. The van der Waals surface area contributed by atoms with Gasteiger partial charge in [-0.15, -0.1) is 0 Å². The molecule has 0 fully saturated rings. The number of carboxylic acids is 1. The zero-order valence-electron chi connectivity index (χ0n) is 9.27. The number of aromatic carboxylic acids is 1. The van der Waals surface area contributed by atoms with E-state index in [1.807, 2.05) is 0 Å². The third-order valence-corrected chi connectivity index (χ3v) is 3.19. The molecule has 0 saturated heterocycles. The number of aryl methyl sites for hydroxylation is 1. The Morgan fingerprint density at radius 2 is 2.17 bits per heavy atom. The molecular weight excluding hydrogens is 260 g/mol. The van der Waals surface area contributed by atoms with E-state index >= 15 is 0 Å². The molecular formula is C9H9N4O4S-. The molecule has 0 amide bonds. The Balaban J connectivity index is 2.71. The standard InChI is InChI=1S/C9H10N4O4S/c1-12-5-6(4-11-12)7-2-3-13(18(10,16)17)8(7)9(14)15/h2-5H,1H3,(H,14,15)(H2,10,16,17)/p-1. The summed E-state index contributed by atoms with van der Waals surface area (Å²) < 4.78 is 24.4. The first-order valence-corrected chi connectivity index (χ1v) is 6.26. The van der Waals surface area contributed by atoms with E-state index in [4.69, 9.17) is 5.14 Å². The number of aromatic nitrogens is 3. The van der Waals surface area contributed by atoms with Gasteiger partial charge in [-0.3, -0.25) is 4.68 Å². The molecule has 0 bridgehead atoms. The minimum absolute atomic E-state index is 0.178. The summed E-state index contributed by atoms with van der Waals surface area (Å²) in [7, 11) is -2.54. The van der Waals surface area contributed by atoms with Gasteiger partial charge in [0.2, 0.25) is 0 Å². The molecule has 18 heavy (non-hydrogen) atoms. The van der Waals surface area contributed by atoms with E-state index in [2.05, 4.69) is 5.10 Å². The Morgan fingerprint density at radius 1 is 1.50 bits per heavy atom. The number of rotatable bonds is 3. The first-order chi connectivity index (χ1) is 8.30. The van der Waals surface area contributed by atoms with Crippen LogP contribution in [0, 0.1) is 0 Å². The maximum Gasteiger partial charge on any atom is 0.302 e. The highest BCUT2D eigenvalue weighted by Gasteiger charge is 2.18. The molecule has 2 heterocycles. The van der Waals surface area contributed by atoms with Gasteiger partial charge in [0, 0.05) is 30.6 Å². The number of hydrogen-bond donors (Lipinski definition) is 1. The average Bonchev–Trinajstić information content (AvgIpc) is 2.80. The van der Waals surface area contributed by atoms with Crippen molar-refractivity contribution < 1.29 is 18.3 Å². The fourth-order valence-electron chi connectivity index (χ4n) is 1.62. The third-order valence-electron chi connectivity index (χ3n) is 2.34. The predicted molar refractivity (Wildman–Crippen MR) is 59.5 cm³/mol. The number of nitrogens with zero attached hydrogens (tertiary/aromatic N) is 3. The summed E-state index contributed by atoms with van der Waals surface area (Å²) in [5.74, 6) is -1.63. The Morgan fingerprint density at radius 3 is 2.61 bits per heavy atom. The van der Waals surface area contributed by atoms with E-state index in [1.165, 1.54) is 16.9 Å². The molecule has 0 radical (unpaired) electrons. The second kappa shape index (κ2) is 3.96. The maximum absolute atomic E-state index is 11.2. The molecule has 96 valence electrons. The zero-order valence-corrected chi connectivity index (χ0v) is 10.1. The van der Waals surface area contributed by atoms with Gasteiger partial charge in [-0.05, 0) is 6.07 Å². The molecule has 2 aromatic heterocycles. The SMILES string of the molecule is Cn1cc(-c2ccn(S(N)(=O)=O)c2C(=O)[O-])cn1. The van der Waals surface area contributed by atoms with Crippen molar-refractivity contribution in [2.75, 3.05) is 0 Å². The van der Waals surface area contributed by atoms with E-state index in [-0.39, 0.29) is 5.56 Å². The van der Waals surface area contributed by atoms with Crippen molar-refractivity contribution in [3.8, 4) is 11.1 Å². The molecule has 0 aromatic carbocycles. The molecule has 0 aliphatic heterocycles. The Kier molecular flexibility index (Phi) is 2.71. The van der Waals surface area contributed by atoms with Gasteiger partial charge < -0.3 is 9.90 Å². The second-order valence-corrected chi connectivity index (χ2v) is 5.03. The van der Waals surface area contributed by atoms with Crippen molar-refractivity contribution in [1.29, 1.82) is 0 Å². The quantitative estimate of drug-likeness (QED) is 0.711. The third kappa shape index (κ3) is 2.00. The van der Waals surface area contributed by atoms with Crippen LogP contribution in [0.15, 0.2) is 24.7 Å². The van der Waals surface area contributed by atoms with Crippen LogP contribution in [0.3, 0.4) is 0 Å². The highest BCUT2D eigenvalue weighted by atomic mass is 32.2. The van der Waals surface area contributed by atoms with Crippen LogP contribution in [0.2, 0.25) is 0 Å². The zero-order chi connectivity index (χ0) is 13.5. The summed E-state index contributed by atoms with van der Waals surface area (Å²) in [6, 6.07) is 1.33. The van der Waals surface area contributed by atoms with Gasteiger partial charge in [0.05, 0.1) is 17.9 Å². The monoisotopic (exact) mass is 269 g/mol. The van der Waals surface area contributed by atoms with Crippen molar-refractivity contribution in [3.05, 3.63) is 30.4 Å². The molecule has 0 unspecified atom stereocenters. The largest absolute Gasteiger partial charge is 0.543 e. The average molecular weight is 269 g/mol. The first-order valence-electron chi connectivity index (χ1n) is 4.75. The van der Waals surface area contributed by atoms with Crippen LogP contribution < -0.4 is 10.2 Å². The van der Waals surface area contributed by atoms with Gasteiger partial charge in [0.25, 0.3) is 0 Å². The van der Waals surface area contributed by atoms with Gasteiger partial charge in [-0.25, -0.2) is 9.11 Å². The van der Waals surface area contributed by atoms with E-state index in [0.29, 0.717) is 9.54 Å². The molecule has 0 saturated carbocycles. The molecule has 8 nitrogen and oxygen atoms in total. The first kappa shape index (κ1) is 12.3. The van der Waals surface area contributed by atoms with Crippen molar-refractivity contribution in [2.45, 2.75) is 0 Å². The highest BCUT2D eigenvalue weighted by Crippen LogP contribution is 2.24. The Bertz CT molecular complexity index is 713. The molecule has 0 spiro atoms. The smallest absolute Gasteiger partial charge is 0.302 e. The number of carbonyl (C=O) groups is 1. The summed E-state index contributed by atoms with van der Waals surface area (Å²) in [5.41, 5.74) is 0.113. The normalized spacial score (nSPS) is 11.7. The number of carbonyl (C=O) groups excluding carboxylic acids is 1. The second-order valence-electron chi connectivity index (χ2n) is 3.61. The Hall–Kier alpha value is -2.13. The topological polar surface area (TPSA) is 123 Å². The molecule has 0 aliphatic carbocycles. The molecule has 2 aromatic rings. The molecule has 2 rings (SSSR count). The molecule has 2 N–H and O–H groups in total. The van der Waals surface area contributed by atoms with Crippen molar-refractivity contribution in [1.82, 2.24) is 13.8 Å². The summed E-state index contributed by atoms with van der Waals surface area (Å²) in [4.78, 5) is 11.1. The lowest BCUT2D eigenvalue weighted by molar-refractivity contribution is -0.255. The lowest BCUT2D eigenvalue weighted by Gasteiger charge is -2.09. The van der Waals surface area contributed by atoms with Crippen LogP contribution in [-0.4, -0.2) is 28.1 Å². The molecule has 0 aliphatic rings. The summed E-state index contributed by atoms with van der Waals surface area (Å²) in [5, 5.41) is 19.8. The Labute approximate surface area is 102 Å². The fourth-order valence-corrected chi connectivity index (χ4v) is 2.28. The van der Waals surface area contributed by atoms with Crippen LogP contribution >= 0.6 is 0 Å². The van der Waals surface area contributed by atoms with Crippen LogP contribution in [0.25, 0.3) is 11.1 Å². The van der Waals surface area contributed by atoms with E-state index < -0.39 is 21.9 Å². The van der Waals surface area contributed by atoms with Crippen molar-refractivity contribution >= 4 is 16.2 Å². The van der Waals surface area contributed by atoms with Crippen molar-refractivity contribution in [2.24, 2.45) is 12.2 Å². The number of hydrogen-bond acceptors (Lipinski definition) is 5. The summed E-state index contributed by atoms with van der Waals surface area (Å²) >= 11 is 0. The van der Waals surface area contributed by atoms with Crippen LogP contribution in [0.5, 0.6) is 0 Å². The van der Waals surface area contributed by atoms with Crippen LogP contribution in [0.4, 0.5) is 0 Å². The van der Waals surface area contributed by atoms with Gasteiger partial charge in [0.1, 0.15) is 0 Å². The number of carboxylic acid groups (broad SMARTS) is 1. The van der Waals surface area contributed by atoms with Gasteiger partial charge in [0.15, 0.2) is 0 Å². The number of nitrogens with two attached hydrogens (primary N) is 1. The lowest BCUT2D eigenvalue weighted by atomic mass is 10.1.